The van der Waals surface area contributed by atoms with Gasteiger partial charge in [-0.05, 0) is 40.5 Å². The van der Waals surface area contributed by atoms with Crippen molar-refractivity contribution in [2.24, 2.45) is 0 Å². The zero-order valence-corrected chi connectivity index (χ0v) is 10.6. The summed E-state index contributed by atoms with van der Waals surface area (Å²) in [7, 11) is 1.62. The van der Waals surface area contributed by atoms with E-state index < -0.39 is 0 Å². The van der Waals surface area contributed by atoms with Crippen molar-refractivity contribution in [1.82, 2.24) is 0 Å². The van der Waals surface area contributed by atoms with Crippen LogP contribution in [0.1, 0.15) is 19.3 Å². The second-order valence-corrected chi connectivity index (χ2v) is 4.67. The molecule has 0 N–H and O–H groups in total. The number of ketones is 1. The molecule has 0 spiro atoms. The van der Waals surface area contributed by atoms with E-state index in [-0.39, 0.29) is 11.9 Å². The van der Waals surface area contributed by atoms with E-state index in [2.05, 4.69) is 15.9 Å². The molecule has 1 fully saturated rings. The summed E-state index contributed by atoms with van der Waals surface area (Å²) >= 11 is 3.42. The largest absolute Gasteiger partial charge is 0.497 e. The maximum atomic E-state index is 11.1. The number of halogens is 1. The van der Waals surface area contributed by atoms with E-state index in [1.54, 1.807) is 7.11 Å². The molecule has 1 aliphatic rings. The molecule has 1 aromatic rings. The molecule has 0 aromatic heterocycles. The molecule has 0 amide bonds. The summed E-state index contributed by atoms with van der Waals surface area (Å²) < 4.78 is 11.7. The number of hydrogen-bond acceptors (Lipinski definition) is 3. The van der Waals surface area contributed by atoms with Gasteiger partial charge >= 0.3 is 0 Å². The summed E-state index contributed by atoms with van der Waals surface area (Å²) in [4.78, 5) is 11.1. The van der Waals surface area contributed by atoms with Crippen molar-refractivity contribution >= 4 is 21.7 Å². The van der Waals surface area contributed by atoms with Crippen molar-refractivity contribution in [3.8, 4) is 11.5 Å². The molecular weight excluding hydrogens is 272 g/mol. The number of carbonyl (C=O) groups excluding carboxylic acids is 1. The van der Waals surface area contributed by atoms with Crippen LogP contribution < -0.4 is 9.47 Å². The fourth-order valence-electron chi connectivity index (χ4n) is 1.76. The molecule has 0 saturated heterocycles. The quantitative estimate of drug-likeness (QED) is 0.856. The van der Waals surface area contributed by atoms with Crippen LogP contribution in [0.2, 0.25) is 0 Å². The van der Waals surface area contributed by atoms with Crippen LogP contribution in [0, 0.1) is 0 Å². The molecule has 86 valence electrons. The lowest BCUT2D eigenvalue weighted by Crippen LogP contribution is -2.12. The van der Waals surface area contributed by atoms with E-state index in [0.29, 0.717) is 12.8 Å². The van der Waals surface area contributed by atoms with Gasteiger partial charge in [0.15, 0.2) is 0 Å². The van der Waals surface area contributed by atoms with Crippen molar-refractivity contribution in [2.45, 2.75) is 25.4 Å². The van der Waals surface area contributed by atoms with Gasteiger partial charge < -0.3 is 9.47 Å². The molecule has 0 bridgehead atoms. The Labute approximate surface area is 103 Å². The summed E-state index contributed by atoms with van der Waals surface area (Å²) in [6.07, 6.45) is 2.01. The number of rotatable bonds is 3. The van der Waals surface area contributed by atoms with Gasteiger partial charge in [0.25, 0.3) is 0 Å². The third kappa shape index (κ3) is 2.55. The molecule has 2 rings (SSSR count). The first-order chi connectivity index (χ1) is 7.69. The Hall–Kier alpha value is -1.03. The van der Waals surface area contributed by atoms with Crippen LogP contribution in [0.3, 0.4) is 0 Å². The number of methoxy groups -OCH3 is 1. The highest BCUT2D eigenvalue weighted by molar-refractivity contribution is 9.10. The predicted molar refractivity (Wildman–Crippen MR) is 64.0 cm³/mol. The third-order valence-electron chi connectivity index (χ3n) is 2.63. The molecule has 4 heteroatoms. The van der Waals surface area contributed by atoms with Gasteiger partial charge in [0.1, 0.15) is 23.4 Å². The SMILES string of the molecule is COc1ccc(OC2CCC(=O)C2)c(Br)c1. The Morgan fingerprint density at radius 1 is 1.44 bits per heavy atom. The Morgan fingerprint density at radius 3 is 2.81 bits per heavy atom. The molecule has 1 atom stereocenters. The normalized spacial score (nSPS) is 19.9. The third-order valence-corrected chi connectivity index (χ3v) is 3.25. The average Bonchev–Trinajstić information content (AvgIpc) is 2.67. The number of ether oxygens (including phenoxy) is 2. The predicted octanol–water partition coefficient (Wildman–Crippen LogP) is 2.96. The Balaban J connectivity index is 2.07. The van der Waals surface area contributed by atoms with E-state index in [4.69, 9.17) is 9.47 Å². The first kappa shape index (κ1) is 11.5. The highest BCUT2D eigenvalue weighted by Gasteiger charge is 2.24. The van der Waals surface area contributed by atoms with Crippen molar-refractivity contribution < 1.29 is 14.3 Å². The summed E-state index contributed by atoms with van der Waals surface area (Å²) in [6.45, 7) is 0. The smallest absolute Gasteiger partial charge is 0.136 e. The van der Waals surface area contributed by atoms with Crippen molar-refractivity contribution in [1.29, 1.82) is 0 Å². The standard InChI is InChI=1S/C12H13BrO3/c1-15-9-4-5-12(11(13)7-9)16-10-3-2-8(14)6-10/h4-5,7,10H,2-3,6H2,1H3. The lowest BCUT2D eigenvalue weighted by Gasteiger charge is -2.14. The second kappa shape index (κ2) is 4.87. The van der Waals surface area contributed by atoms with Gasteiger partial charge in [-0.2, -0.15) is 0 Å². The molecule has 1 aromatic carbocycles. The molecule has 16 heavy (non-hydrogen) atoms. The minimum absolute atomic E-state index is 0.0252. The molecule has 0 heterocycles. The van der Waals surface area contributed by atoms with Crippen LogP contribution in [0.15, 0.2) is 22.7 Å². The Morgan fingerprint density at radius 2 is 2.25 bits per heavy atom. The summed E-state index contributed by atoms with van der Waals surface area (Å²) in [5, 5.41) is 0. The topological polar surface area (TPSA) is 35.5 Å². The van der Waals surface area contributed by atoms with Crippen molar-refractivity contribution in [3.63, 3.8) is 0 Å². The molecule has 1 saturated carbocycles. The van der Waals surface area contributed by atoms with E-state index in [1.165, 1.54) is 0 Å². The molecule has 1 unspecified atom stereocenters. The van der Waals surface area contributed by atoms with Gasteiger partial charge in [0, 0.05) is 12.8 Å². The number of Topliss-reactive ketones (excluding diaryl/α,β-unsaturated/α-hetero) is 1. The van der Waals surface area contributed by atoms with Crippen LogP contribution in [-0.4, -0.2) is 19.0 Å². The van der Waals surface area contributed by atoms with Gasteiger partial charge in [-0.15, -0.1) is 0 Å². The second-order valence-electron chi connectivity index (χ2n) is 3.82. The number of benzene rings is 1. The minimum Gasteiger partial charge on any atom is -0.497 e. The van der Waals surface area contributed by atoms with Gasteiger partial charge in [0.05, 0.1) is 11.6 Å². The first-order valence-electron chi connectivity index (χ1n) is 5.21. The highest BCUT2D eigenvalue weighted by Crippen LogP contribution is 2.31. The maximum absolute atomic E-state index is 11.1. The van der Waals surface area contributed by atoms with Crippen LogP contribution in [0.5, 0.6) is 11.5 Å². The molecular formula is C12H13BrO3. The monoisotopic (exact) mass is 284 g/mol. The van der Waals surface area contributed by atoms with Crippen LogP contribution in [0.4, 0.5) is 0 Å². The van der Waals surface area contributed by atoms with Gasteiger partial charge in [0.2, 0.25) is 0 Å². The van der Waals surface area contributed by atoms with Crippen LogP contribution >= 0.6 is 15.9 Å². The van der Waals surface area contributed by atoms with Gasteiger partial charge in [-0.25, -0.2) is 0 Å². The van der Waals surface area contributed by atoms with Gasteiger partial charge in [-0.1, -0.05) is 0 Å². The molecule has 0 radical (unpaired) electrons. The maximum Gasteiger partial charge on any atom is 0.136 e. The minimum atomic E-state index is 0.0252. The summed E-state index contributed by atoms with van der Waals surface area (Å²) in [5.41, 5.74) is 0. The highest BCUT2D eigenvalue weighted by atomic mass is 79.9. The van der Waals surface area contributed by atoms with E-state index in [0.717, 1.165) is 22.4 Å². The van der Waals surface area contributed by atoms with E-state index in [9.17, 15) is 4.79 Å². The fourth-order valence-corrected chi connectivity index (χ4v) is 2.22. The van der Waals surface area contributed by atoms with Crippen molar-refractivity contribution in [2.75, 3.05) is 7.11 Å². The lowest BCUT2D eigenvalue weighted by molar-refractivity contribution is -0.117. The Bertz CT molecular complexity index is 403. The average molecular weight is 285 g/mol. The van der Waals surface area contributed by atoms with Crippen LogP contribution in [0.25, 0.3) is 0 Å². The van der Waals surface area contributed by atoms with E-state index >= 15 is 0 Å². The Kier molecular flexibility index (Phi) is 3.49. The van der Waals surface area contributed by atoms with E-state index in [1.807, 2.05) is 18.2 Å². The van der Waals surface area contributed by atoms with Gasteiger partial charge in [-0.3, -0.25) is 4.79 Å². The fraction of sp³-hybridized carbons (Fsp3) is 0.417. The first-order valence-corrected chi connectivity index (χ1v) is 6.00. The number of carbonyl (C=O) groups is 1. The summed E-state index contributed by atoms with van der Waals surface area (Å²) in [5.74, 6) is 1.83. The molecule has 0 aliphatic heterocycles. The lowest BCUT2D eigenvalue weighted by atomic mass is 10.3. The zero-order valence-electron chi connectivity index (χ0n) is 9.03. The molecule has 3 nitrogen and oxygen atoms in total. The zero-order chi connectivity index (χ0) is 11.5. The number of hydrogen-bond donors (Lipinski definition) is 0. The van der Waals surface area contributed by atoms with Crippen molar-refractivity contribution in [3.05, 3.63) is 22.7 Å². The summed E-state index contributed by atoms with van der Waals surface area (Å²) in [6, 6.07) is 5.55. The van der Waals surface area contributed by atoms with Crippen LogP contribution in [-0.2, 0) is 4.79 Å². The molecule has 1 aliphatic carbocycles.